The Bertz CT molecular complexity index is 456. The number of anilines is 1. The smallest absolute Gasteiger partial charge is 0.223 e. The van der Waals surface area contributed by atoms with Gasteiger partial charge < -0.3 is 14.5 Å². The van der Waals surface area contributed by atoms with E-state index in [-0.39, 0.29) is 11.9 Å². The maximum atomic E-state index is 12.4. The molecule has 0 spiro atoms. The van der Waals surface area contributed by atoms with E-state index in [1.54, 1.807) is 0 Å². The van der Waals surface area contributed by atoms with Crippen molar-refractivity contribution in [3.8, 4) is 0 Å². The molecule has 4 nitrogen and oxygen atoms in total. The molecule has 4 heteroatoms. The lowest BCUT2D eigenvalue weighted by atomic mass is 10.1. The number of nitrogens with zero attached hydrogens (tertiary/aromatic N) is 2. The molecule has 0 aromatic heterocycles. The fourth-order valence-electron chi connectivity index (χ4n) is 2.68. The second kappa shape index (κ2) is 7.46. The molecule has 1 heterocycles. The van der Waals surface area contributed by atoms with Crippen molar-refractivity contribution in [3.05, 3.63) is 29.8 Å². The van der Waals surface area contributed by atoms with E-state index in [4.69, 9.17) is 4.74 Å². The Hall–Kier alpha value is -1.55. The summed E-state index contributed by atoms with van der Waals surface area (Å²) in [5.74, 6) is 0.252. The Morgan fingerprint density at radius 2 is 2.05 bits per heavy atom. The van der Waals surface area contributed by atoms with Gasteiger partial charge >= 0.3 is 0 Å². The molecule has 1 saturated heterocycles. The molecule has 1 atom stereocenters. The van der Waals surface area contributed by atoms with E-state index in [9.17, 15) is 4.79 Å². The molecule has 0 N–H and O–H groups in total. The Morgan fingerprint density at radius 1 is 1.33 bits per heavy atom. The number of morpholine rings is 1. The van der Waals surface area contributed by atoms with Gasteiger partial charge in [0.2, 0.25) is 5.91 Å². The van der Waals surface area contributed by atoms with E-state index in [1.165, 1.54) is 11.3 Å². The van der Waals surface area contributed by atoms with Crippen LogP contribution in [0.25, 0.3) is 0 Å². The van der Waals surface area contributed by atoms with Crippen molar-refractivity contribution in [2.45, 2.75) is 32.2 Å². The normalized spacial score (nSPS) is 18.6. The zero-order valence-electron chi connectivity index (χ0n) is 13.3. The van der Waals surface area contributed by atoms with Crippen LogP contribution in [0.1, 0.15) is 25.3 Å². The Kier molecular flexibility index (Phi) is 5.62. The highest BCUT2D eigenvalue weighted by Crippen LogP contribution is 2.16. The Morgan fingerprint density at radius 3 is 2.67 bits per heavy atom. The van der Waals surface area contributed by atoms with Crippen LogP contribution in [0.5, 0.6) is 0 Å². The van der Waals surface area contributed by atoms with Gasteiger partial charge in [-0.2, -0.15) is 0 Å². The quantitative estimate of drug-likeness (QED) is 0.834. The van der Waals surface area contributed by atoms with Crippen LogP contribution in [0.15, 0.2) is 24.3 Å². The lowest BCUT2D eigenvalue weighted by molar-refractivity contribution is -0.139. The predicted molar refractivity (Wildman–Crippen MR) is 85.7 cm³/mol. The van der Waals surface area contributed by atoms with Gasteiger partial charge in [0, 0.05) is 32.7 Å². The van der Waals surface area contributed by atoms with Crippen molar-refractivity contribution < 1.29 is 9.53 Å². The lowest BCUT2D eigenvalue weighted by Crippen LogP contribution is -2.48. The summed E-state index contributed by atoms with van der Waals surface area (Å²) in [6.07, 6.45) is 2.35. The third kappa shape index (κ3) is 4.21. The van der Waals surface area contributed by atoms with Crippen molar-refractivity contribution in [1.29, 1.82) is 0 Å². The van der Waals surface area contributed by atoms with Crippen LogP contribution in [-0.2, 0) is 16.0 Å². The van der Waals surface area contributed by atoms with Gasteiger partial charge in [-0.25, -0.2) is 0 Å². The largest absolute Gasteiger partial charge is 0.378 e. The van der Waals surface area contributed by atoms with Crippen molar-refractivity contribution in [1.82, 2.24) is 4.90 Å². The first kappa shape index (κ1) is 15.8. The number of ether oxygens (including phenoxy) is 1. The van der Waals surface area contributed by atoms with Crippen LogP contribution < -0.4 is 4.90 Å². The Labute approximate surface area is 127 Å². The monoisotopic (exact) mass is 290 g/mol. The molecule has 1 aliphatic rings. The molecule has 0 aliphatic carbocycles. The molecule has 0 radical (unpaired) electrons. The van der Waals surface area contributed by atoms with Crippen LogP contribution in [0.3, 0.4) is 0 Å². The highest BCUT2D eigenvalue weighted by molar-refractivity contribution is 5.77. The van der Waals surface area contributed by atoms with E-state index in [0.29, 0.717) is 19.6 Å². The van der Waals surface area contributed by atoms with Gasteiger partial charge in [0.15, 0.2) is 0 Å². The maximum Gasteiger partial charge on any atom is 0.223 e. The SMILES string of the molecule is CCC1COCCN1C(=O)CCc1ccc(N(C)C)cc1. The van der Waals surface area contributed by atoms with Crippen LogP contribution in [0.2, 0.25) is 0 Å². The molecular formula is C17H26N2O2. The zero-order valence-corrected chi connectivity index (χ0v) is 13.3. The number of amides is 1. The first-order chi connectivity index (χ1) is 10.1. The molecule has 1 unspecified atom stereocenters. The average molecular weight is 290 g/mol. The minimum atomic E-state index is 0.252. The van der Waals surface area contributed by atoms with Crippen LogP contribution in [-0.4, -0.2) is 50.7 Å². The third-order valence-electron chi connectivity index (χ3n) is 4.10. The first-order valence-electron chi connectivity index (χ1n) is 7.75. The van der Waals surface area contributed by atoms with Gasteiger partial charge in [-0.05, 0) is 30.5 Å². The third-order valence-corrected chi connectivity index (χ3v) is 4.10. The lowest BCUT2D eigenvalue weighted by Gasteiger charge is -2.35. The van der Waals surface area contributed by atoms with E-state index < -0.39 is 0 Å². The van der Waals surface area contributed by atoms with Crippen molar-refractivity contribution in [2.24, 2.45) is 0 Å². The molecular weight excluding hydrogens is 264 g/mol. The number of aryl methyl sites for hydroxylation is 1. The van der Waals surface area contributed by atoms with E-state index in [1.807, 2.05) is 19.0 Å². The van der Waals surface area contributed by atoms with Crippen LogP contribution in [0.4, 0.5) is 5.69 Å². The Balaban J connectivity index is 1.88. The minimum Gasteiger partial charge on any atom is -0.378 e. The summed E-state index contributed by atoms with van der Waals surface area (Å²) < 4.78 is 5.45. The zero-order chi connectivity index (χ0) is 15.2. The summed E-state index contributed by atoms with van der Waals surface area (Å²) in [4.78, 5) is 16.5. The van der Waals surface area contributed by atoms with E-state index in [2.05, 4.69) is 36.1 Å². The van der Waals surface area contributed by atoms with Gasteiger partial charge in [-0.3, -0.25) is 4.79 Å². The summed E-state index contributed by atoms with van der Waals surface area (Å²) in [5, 5.41) is 0. The summed E-state index contributed by atoms with van der Waals surface area (Å²) in [6.45, 7) is 4.19. The van der Waals surface area contributed by atoms with Gasteiger partial charge in [0.25, 0.3) is 0 Å². The molecule has 1 aromatic rings. The summed E-state index contributed by atoms with van der Waals surface area (Å²) in [6, 6.07) is 8.67. The summed E-state index contributed by atoms with van der Waals surface area (Å²) in [7, 11) is 4.06. The predicted octanol–water partition coefficient (Wildman–Crippen LogP) is 2.32. The fraction of sp³-hybridized carbons (Fsp3) is 0.588. The molecule has 2 rings (SSSR count). The highest BCUT2D eigenvalue weighted by Gasteiger charge is 2.25. The standard InChI is InChI=1S/C17H26N2O2/c1-4-15-13-21-12-11-19(15)17(20)10-7-14-5-8-16(9-6-14)18(2)3/h5-6,8-9,15H,4,7,10-13H2,1-3H3. The molecule has 0 bridgehead atoms. The second-order valence-electron chi connectivity index (χ2n) is 5.78. The van der Waals surface area contributed by atoms with Crippen molar-refractivity contribution >= 4 is 11.6 Å². The van der Waals surface area contributed by atoms with Gasteiger partial charge in [-0.15, -0.1) is 0 Å². The van der Waals surface area contributed by atoms with Crippen LogP contribution in [0, 0.1) is 0 Å². The number of hydrogen-bond donors (Lipinski definition) is 0. The molecule has 21 heavy (non-hydrogen) atoms. The number of benzene rings is 1. The number of carbonyl (C=O) groups excluding carboxylic acids is 1. The first-order valence-corrected chi connectivity index (χ1v) is 7.75. The van der Waals surface area contributed by atoms with Crippen molar-refractivity contribution in [3.63, 3.8) is 0 Å². The number of hydrogen-bond acceptors (Lipinski definition) is 3. The molecule has 1 aromatic carbocycles. The second-order valence-corrected chi connectivity index (χ2v) is 5.78. The highest BCUT2D eigenvalue weighted by atomic mass is 16.5. The molecule has 1 aliphatic heterocycles. The minimum absolute atomic E-state index is 0.252. The van der Waals surface area contributed by atoms with E-state index >= 15 is 0 Å². The fourth-order valence-corrected chi connectivity index (χ4v) is 2.68. The molecule has 0 saturated carbocycles. The number of rotatable bonds is 5. The van der Waals surface area contributed by atoms with Crippen LogP contribution >= 0.6 is 0 Å². The van der Waals surface area contributed by atoms with Gasteiger partial charge in [0.1, 0.15) is 0 Å². The molecule has 1 fully saturated rings. The average Bonchev–Trinajstić information content (AvgIpc) is 2.52. The topological polar surface area (TPSA) is 32.8 Å². The summed E-state index contributed by atoms with van der Waals surface area (Å²) in [5.41, 5.74) is 2.40. The maximum absolute atomic E-state index is 12.4. The number of carbonyl (C=O) groups is 1. The molecule has 116 valence electrons. The van der Waals surface area contributed by atoms with Gasteiger partial charge in [-0.1, -0.05) is 19.1 Å². The summed E-state index contributed by atoms with van der Waals surface area (Å²) >= 11 is 0. The molecule has 1 amide bonds. The van der Waals surface area contributed by atoms with E-state index in [0.717, 1.165) is 19.4 Å². The van der Waals surface area contributed by atoms with Crippen molar-refractivity contribution in [2.75, 3.05) is 38.8 Å². The van der Waals surface area contributed by atoms with Gasteiger partial charge in [0.05, 0.1) is 19.3 Å².